The molecule has 1 atom stereocenters. The maximum Gasteiger partial charge on any atom is 0.331 e. The van der Waals surface area contributed by atoms with E-state index in [1.54, 1.807) is 0 Å². The van der Waals surface area contributed by atoms with E-state index in [1.807, 2.05) is 0 Å². The summed E-state index contributed by atoms with van der Waals surface area (Å²) >= 11 is 0. The van der Waals surface area contributed by atoms with Gasteiger partial charge in [-0.2, -0.15) is 0 Å². The summed E-state index contributed by atoms with van der Waals surface area (Å²) in [4.78, 5) is 10.9. The number of hydrogen-bond acceptors (Lipinski definition) is 5. The summed E-state index contributed by atoms with van der Waals surface area (Å²) in [6, 6.07) is 0. The first-order valence-corrected chi connectivity index (χ1v) is 5.70. The molecule has 0 aromatic carbocycles. The quantitative estimate of drug-likeness (QED) is 0.626. The average Bonchev–Trinajstić information content (AvgIpc) is 2.17. The van der Waals surface area contributed by atoms with Crippen LogP contribution in [0.5, 0.6) is 0 Å². The highest BCUT2D eigenvalue weighted by atomic mass is 31.2. The molecule has 14 heavy (non-hydrogen) atoms. The van der Waals surface area contributed by atoms with Gasteiger partial charge in [-0.3, -0.25) is 9.36 Å². The van der Waals surface area contributed by atoms with Crippen molar-refractivity contribution in [3.63, 3.8) is 0 Å². The van der Waals surface area contributed by atoms with Crippen LogP contribution in [-0.4, -0.2) is 40.0 Å². The molecule has 7 heteroatoms. The molecule has 0 aliphatic rings. The van der Waals surface area contributed by atoms with E-state index in [0.717, 1.165) is 0 Å². The molecule has 0 rings (SSSR count). The second kappa shape index (κ2) is 6.14. The van der Waals surface area contributed by atoms with E-state index in [-0.39, 0.29) is 12.8 Å². The molecule has 1 unspecified atom stereocenters. The first-order valence-electron chi connectivity index (χ1n) is 3.98. The molecule has 0 heterocycles. The molecule has 1 amide bonds. The van der Waals surface area contributed by atoms with E-state index in [1.165, 1.54) is 21.3 Å². The van der Waals surface area contributed by atoms with Crippen LogP contribution in [0.4, 0.5) is 0 Å². The smallest absolute Gasteiger partial charge is 0.331 e. The Morgan fingerprint density at radius 1 is 1.36 bits per heavy atom. The Kier molecular flexibility index (Phi) is 5.95. The van der Waals surface area contributed by atoms with Crippen molar-refractivity contribution in [3.05, 3.63) is 0 Å². The maximum absolute atomic E-state index is 11.6. The zero-order valence-electron chi connectivity index (χ0n) is 8.56. The van der Waals surface area contributed by atoms with Crippen molar-refractivity contribution in [2.45, 2.75) is 0 Å². The summed E-state index contributed by atoms with van der Waals surface area (Å²) in [5, 5.41) is 0. The molecule has 0 radical (unpaired) electrons. The molecule has 0 aromatic rings. The fraction of sp³-hybridized carbons (Fsp3) is 0.857. The Labute approximate surface area is 83.2 Å². The summed E-state index contributed by atoms with van der Waals surface area (Å²) in [6.45, 7) is 0.103. The molecule has 0 aromatic heterocycles. The van der Waals surface area contributed by atoms with Gasteiger partial charge < -0.3 is 19.5 Å². The van der Waals surface area contributed by atoms with Gasteiger partial charge in [-0.15, -0.1) is 0 Å². The molecule has 0 aliphatic carbocycles. The lowest BCUT2D eigenvalue weighted by Gasteiger charge is -2.18. The number of hydrogen-bond donors (Lipinski definition) is 1. The third-order valence-corrected chi connectivity index (χ3v) is 3.77. The molecule has 6 nitrogen and oxygen atoms in total. The van der Waals surface area contributed by atoms with E-state index >= 15 is 0 Å². The summed E-state index contributed by atoms with van der Waals surface area (Å²) in [5.41, 5.74) is 5.09. The summed E-state index contributed by atoms with van der Waals surface area (Å²) in [7, 11) is 0.747. The molecule has 2 N–H and O–H groups in total. The number of ether oxygens (including phenoxy) is 1. The van der Waals surface area contributed by atoms with Crippen molar-refractivity contribution < 1.29 is 23.1 Å². The SMILES string of the molecule is COCC(CP(=O)(OC)OC)C(N)=O. The van der Waals surface area contributed by atoms with E-state index < -0.39 is 19.4 Å². The Balaban J connectivity index is 4.41. The van der Waals surface area contributed by atoms with Crippen LogP contribution in [0.2, 0.25) is 0 Å². The second-order valence-electron chi connectivity index (χ2n) is 2.71. The molecule has 0 aliphatic heterocycles. The van der Waals surface area contributed by atoms with Gasteiger partial charge in [-0.05, 0) is 0 Å². The molecule has 0 bridgehead atoms. The fourth-order valence-electron chi connectivity index (χ4n) is 0.920. The highest BCUT2D eigenvalue weighted by molar-refractivity contribution is 7.53. The van der Waals surface area contributed by atoms with E-state index in [9.17, 15) is 9.36 Å². The van der Waals surface area contributed by atoms with Crippen LogP contribution in [0.15, 0.2) is 0 Å². The summed E-state index contributed by atoms with van der Waals surface area (Å²) < 4.78 is 25.8. The number of carbonyl (C=O) groups excluding carboxylic acids is 1. The van der Waals surface area contributed by atoms with Gasteiger partial charge in [0.15, 0.2) is 0 Å². The zero-order chi connectivity index (χ0) is 11.2. The van der Waals surface area contributed by atoms with Gasteiger partial charge in [0, 0.05) is 21.3 Å². The van der Waals surface area contributed by atoms with E-state index in [0.29, 0.717) is 0 Å². The lowest BCUT2D eigenvalue weighted by molar-refractivity contribution is -0.122. The van der Waals surface area contributed by atoms with Gasteiger partial charge in [0.25, 0.3) is 0 Å². The number of amides is 1. The van der Waals surface area contributed by atoms with Crippen molar-refractivity contribution in [1.82, 2.24) is 0 Å². The van der Waals surface area contributed by atoms with Crippen LogP contribution < -0.4 is 5.73 Å². The minimum atomic E-state index is -3.20. The highest BCUT2D eigenvalue weighted by Crippen LogP contribution is 2.47. The minimum Gasteiger partial charge on any atom is -0.384 e. The zero-order valence-corrected chi connectivity index (χ0v) is 9.45. The Bertz CT molecular complexity index is 224. The van der Waals surface area contributed by atoms with Crippen LogP contribution in [0.1, 0.15) is 0 Å². The Morgan fingerprint density at radius 2 is 1.86 bits per heavy atom. The van der Waals surface area contributed by atoms with Crippen molar-refractivity contribution in [2.24, 2.45) is 11.7 Å². The molecule has 0 fully saturated rings. The van der Waals surface area contributed by atoms with Gasteiger partial charge in [-0.25, -0.2) is 0 Å². The standard InChI is InChI=1S/C7H16NO5P/c1-11-4-6(7(8)9)5-14(10,12-2)13-3/h6H,4-5H2,1-3H3,(H2,8,9). The van der Waals surface area contributed by atoms with Crippen molar-refractivity contribution >= 4 is 13.5 Å². The largest absolute Gasteiger partial charge is 0.384 e. The van der Waals surface area contributed by atoms with Crippen LogP contribution in [0.25, 0.3) is 0 Å². The van der Waals surface area contributed by atoms with Crippen molar-refractivity contribution in [3.8, 4) is 0 Å². The van der Waals surface area contributed by atoms with Crippen LogP contribution in [-0.2, 0) is 23.1 Å². The number of nitrogens with two attached hydrogens (primary N) is 1. The van der Waals surface area contributed by atoms with Gasteiger partial charge in [0.1, 0.15) is 0 Å². The molecular weight excluding hydrogens is 209 g/mol. The minimum absolute atomic E-state index is 0.0663. The fourth-order valence-corrected chi connectivity index (χ4v) is 2.19. The molecule has 0 spiro atoms. The van der Waals surface area contributed by atoms with Crippen LogP contribution in [0, 0.1) is 5.92 Å². The van der Waals surface area contributed by atoms with Crippen LogP contribution >= 0.6 is 7.60 Å². The van der Waals surface area contributed by atoms with Gasteiger partial charge >= 0.3 is 7.60 Å². The second-order valence-corrected chi connectivity index (χ2v) is 5.03. The molecular formula is C7H16NO5P. The number of primary amides is 1. The number of carbonyl (C=O) groups is 1. The van der Waals surface area contributed by atoms with Gasteiger partial charge in [0.2, 0.25) is 5.91 Å². The summed E-state index contributed by atoms with van der Waals surface area (Å²) in [6.07, 6.45) is -0.0663. The first kappa shape index (κ1) is 13.6. The lowest BCUT2D eigenvalue weighted by Crippen LogP contribution is -2.30. The Hall–Kier alpha value is -0.420. The molecule has 0 saturated carbocycles. The van der Waals surface area contributed by atoms with E-state index in [2.05, 4.69) is 9.05 Å². The summed E-state index contributed by atoms with van der Waals surface area (Å²) in [5.74, 6) is -1.24. The lowest BCUT2D eigenvalue weighted by atomic mass is 10.2. The normalized spacial score (nSPS) is 13.9. The third kappa shape index (κ3) is 4.19. The predicted octanol–water partition coefficient (Wildman–Crippen LogP) is 0.220. The van der Waals surface area contributed by atoms with E-state index in [4.69, 9.17) is 10.5 Å². The van der Waals surface area contributed by atoms with Crippen LogP contribution in [0.3, 0.4) is 0 Å². The van der Waals surface area contributed by atoms with Gasteiger partial charge in [0.05, 0.1) is 18.7 Å². The highest BCUT2D eigenvalue weighted by Gasteiger charge is 2.29. The molecule has 84 valence electrons. The van der Waals surface area contributed by atoms with Gasteiger partial charge in [-0.1, -0.05) is 0 Å². The number of methoxy groups -OCH3 is 1. The average molecular weight is 225 g/mol. The maximum atomic E-state index is 11.6. The Morgan fingerprint density at radius 3 is 2.14 bits per heavy atom. The topological polar surface area (TPSA) is 87.8 Å². The number of rotatable bonds is 7. The first-order chi connectivity index (χ1) is 6.49. The predicted molar refractivity (Wildman–Crippen MR) is 51.1 cm³/mol. The van der Waals surface area contributed by atoms with Crippen molar-refractivity contribution in [1.29, 1.82) is 0 Å². The van der Waals surface area contributed by atoms with Crippen molar-refractivity contribution in [2.75, 3.05) is 34.1 Å². The third-order valence-electron chi connectivity index (χ3n) is 1.77. The monoisotopic (exact) mass is 225 g/mol. The molecule has 0 saturated heterocycles.